The molecule has 122 valence electrons. The molecule has 0 unspecified atom stereocenters. The van der Waals surface area contributed by atoms with Gasteiger partial charge in [-0.25, -0.2) is 10.9 Å². The molecule has 0 atom stereocenters. The van der Waals surface area contributed by atoms with E-state index in [1.807, 2.05) is 0 Å². The monoisotopic (exact) mass is 325 g/mol. The van der Waals surface area contributed by atoms with Crippen molar-refractivity contribution in [2.45, 2.75) is 0 Å². The predicted molar refractivity (Wildman–Crippen MR) is 88.6 cm³/mol. The van der Waals surface area contributed by atoms with Crippen LogP contribution in [-0.4, -0.2) is 28.3 Å². The maximum absolute atomic E-state index is 12.0. The Kier molecular flexibility index (Phi) is 5.82. The number of nitrogens with one attached hydrogen (secondary N) is 2. The Morgan fingerprint density at radius 2 is 1.79 bits per heavy atom. The Balaban J connectivity index is 2.00. The Morgan fingerprint density at radius 1 is 1.04 bits per heavy atom. The van der Waals surface area contributed by atoms with Gasteiger partial charge < -0.3 is 5.11 Å². The van der Waals surface area contributed by atoms with E-state index in [1.165, 1.54) is 29.9 Å². The molecule has 4 N–H and O–H groups in total. The number of nitrogens with zero attached hydrogens (tertiary/aromatic N) is 1. The van der Waals surface area contributed by atoms with Crippen LogP contribution < -0.4 is 10.9 Å². The smallest absolute Gasteiger partial charge is 0.271 e. The van der Waals surface area contributed by atoms with Crippen molar-refractivity contribution < 1.29 is 19.9 Å². The average molecular weight is 325 g/mol. The van der Waals surface area contributed by atoms with Gasteiger partial charge in [0.1, 0.15) is 5.75 Å². The first-order valence-electron chi connectivity index (χ1n) is 6.93. The number of hydroxylamine groups is 1. The average Bonchev–Trinajstić information content (AvgIpc) is 2.61. The van der Waals surface area contributed by atoms with Gasteiger partial charge in [0.25, 0.3) is 11.8 Å². The molecule has 2 rings (SSSR count). The Labute approximate surface area is 137 Å². The summed E-state index contributed by atoms with van der Waals surface area (Å²) in [5.74, 6) is -0.925. The number of phenols is 1. The number of rotatable bonds is 5. The third-order valence-electron chi connectivity index (χ3n) is 2.96. The van der Waals surface area contributed by atoms with Crippen LogP contribution in [0.1, 0.15) is 21.5 Å². The molecule has 2 amide bonds. The molecular formula is C17H15N3O4. The number of hydrogen-bond donors (Lipinski definition) is 4. The molecule has 24 heavy (non-hydrogen) atoms. The minimum atomic E-state index is -0.664. The molecule has 0 aromatic heterocycles. The molecule has 0 heterocycles. The van der Waals surface area contributed by atoms with E-state index in [0.717, 1.165) is 11.6 Å². The molecule has 0 saturated carbocycles. The highest BCUT2D eigenvalue weighted by Crippen LogP contribution is 2.08. The molecule has 0 fully saturated rings. The predicted octanol–water partition coefficient (Wildman–Crippen LogP) is 1.67. The van der Waals surface area contributed by atoms with E-state index in [-0.39, 0.29) is 5.75 Å². The molecule has 0 aliphatic rings. The number of aromatic hydroxyl groups is 1. The van der Waals surface area contributed by atoms with Crippen molar-refractivity contribution in [3.8, 4) is 5.75 Å². The third-order valence-corrected chi connectivity index (χ3v) is 2.96. The van der Waals surface area contributed by atoms with Crippen LogP contribution in [0.15, 0.2) is 59.7 Å². The first-order valence-corrected chi connectivity index (χ1v) is 6.93. The van der Waals surface area contributed by atoms with E-state index in [0.29, 0.717) is 11.1 Å². The van der Waals surface area contributed by atoms with Gasteiger partial charge in [-0.2, -0.15) is 5.10 Å². The second kappa shape index (κ2) is 8.25. The first-order chi connectivity index (χ1) is 11.6. The molecule has 0 bridgehead atoms. The molecule has 0 aliphatic heterocycles. The highest BCUT2D eigenvalue weighted by molar-refractivity contribution is 5.96. The van der Waals surface area contributed by atoms with Crippen LogP contribution in [0.25, 0.3) is 6.08 Å². The van der Waals surface area contributed by atoms with E-state index in [4.69, 9.17) is 5.21 Å². The van der Waals surface area contributed by atoms with Crippen LogP contribution in [0, 0.1) is 0 Å². The number of carbonyl (C=O) groups excluding carboxylic acids is 2. The summed E-state index contributed by atoms with van der Waals surface area (Å²) in [6, 6.07) is 12.9. The Bertz CT molecular complexity index is 783. The Hall–Kier alpha value is -3.45. The van der Waals surface area contributed by atoms with Gasteiger partial charge in [0.05, 0.1) is 6.21 Å². The van der Waals surface area contributed by atoms with Crippen molar-refractivity contribution in [3.05, 3.63) is 71.3 Å². The largest absolute Gasteiger partial charge is 0.508 e. The van der Waals surface area contributed by atoms with Crippen molar-refractivity contribution in [2.24, 2.45) is 5.10 Å². The lowest BCUT2D eigenvalue weighted by Gasteiger charge is -2.01. The lowest BCUT2D eigenvalue weighted by atomic mass is 10.1. The van der Waals surface area contributed by atoms with E-state index in [2.05, 4.69) is 10.5 Å². The fourth-order valence-electron chi connectivity index (χ4n) is 1.78. The van der Waals surface area contributed by atoms with Gasteiger partial charge in [0.2, 0.25) is 0 Å². The lowest BCUT2D eigenvalue weighted by Crippen LogP contribution is -2.17. The lowest BCUT2D eigenvalue weighted by molar-refractivity contribution is -0.124. The number of hydrazone groups is 1. The van der Waals surface area contributed by atoms with Gasteiger partial charge in [-0.3, -0.25) is 14.8 Å². The van der Waals surface area contributed by atoms with Gasteiger partial charge >= 0.3 is 0 Å². The van der Waals surface area contributed by atoms with Crippen molar-refractivity contribution in [1.82, 2.24) is 10.9 Å². The summed E-state index contributed by atoms with van der Waals surface area (Å²) < 4.78 is 0. The van der Waals surface area contributed by atoms with Crippen LogP contribution in [0.3, 0.4) is 0 Å². The maximum Gasteiger partial charge on any atom is 0.271 e. The second-order valence-corrected chi connectivity index (χ2v) is 4.73. The van der Waals surface area contributed by atoms with Gasteiger partial charge in [0.15, 0.2) is 0 Å². The zero-order valence-corrected chi connectivity index (χ0v) is 12.5. The molecule has 0 radical (unpaired) electrons. The summed E-state index contributed by atoms with van der Waals surface area (Å²) in [7, 11) is 0. The SMILES string of the molecule is O=C(/C=C/c1cccc(C(=O)N/N=C/c2ccc(O)cc2)c1)NO. The van der Waals surface area contributed by atoms with E-state index < -0.39 is 11.8 Å². The van der Waals surface area contributed by atoms with Gasteiger partial charge in [-0.15, -0.1) is 0 Å². The van der Waals surface area contributed by atoms with E-state index in [9.17, 15) is 14.7 Å². The molecule has 0 spiro atoms. The number of amides is 2. The quantitative estimate of drug-likeness (QED) is 0.290. The summed E-state index contributed by atoms with van der Waals surface area (Å²) in [5.41, 5.74) is 5.58. The molecule has 7 heteroatoms. The number of phenolic OH excluding ortho intramolecular Hbond substituents is 1. The molecule has 2 aromatic rings. The van der Waals surface area contributed by atoms with Gasteiger partial charge in [0, 0.05) is 11.6 Å². The molecule has 0 saturated heterocycles. The van der Waals surface area contributed by atoms with Crippen molar-refractivity contribution in [1.29, 1.82) is 0 Å². The highest BCUT2D eigenvalue weighted by atomic mass is 16.5. The molecule has 0 aliphatic carbocycles. The molecule has 2 aromatic carbocycles. The molecule has 7 nitrogen and oxygen atoms in total. The van der Waals surface area contributed by atoms with Crippen LogP contribution >= 0.6 is 0 Å². The normalized spacial score (nSPS) is 10.9. The van der Waals surface area contributed by atoms with Gasteiger partial charge in [-0.1, -0.05) is 12.1 Å². The van der Waals surface area contributed by atoms with Gasteiger partial charge in [-0.05, 0) is 53.6 Å². The maximum atomic E-state index is 12.0. The van der Waals surface area contributed by atoms with Crippen LogP contribution in [0.2, 0.25) is 0 Å². The Morgan fingerprint density at radius 3 is 2.50 bits per heavy atom. The summed E-state index contributed by atoms with van der Waals surface area (Å²) in [6.45, 7) is 0. The standard InChI is InChI=1S/C17H15N3O4/c21-15-7-4-13(5-8-15)11-18-19-17(23)14-3-1-2-12(10-14)6-9-16(22)20-24/h1-11,21,24H,(H,19,23)(H,20,22)/b9-6+,18-11+. The first kappa shape index (κ1) is 16.9. The zero-order chi connectivity index (χ0) is 17.4. The topological polar surface area (TPSA) is 111 Å². The van der Waals surface area contributed by atoms with Crippen LogP contribution in [-0.2, 0) is 4.79 Å². The second-order valence-electron chi connectivity index (χ2n) is 4.73. The van der Waals surface area contributed by atoms with Crippen LogP contribution in [0.4, 0.5) is 0 Å². The summed E-state index contributed by atoms with van der Waals surface area (Å²) in [6.07, 6.45) is 4.05. The minimum Gasteiger partial charge on any atom is -0.508 e. The van der Waals surface area contributed by atoms with Crippen LogP contribution in [0.5, 0.6) is 5.75 Å². The minimum absolute atomic E-state index is 0.149. The summed E-state index contributed by atoms with van der Waals surface area (Å²) in [5, 5.41) is 21.4. The number of benzene rings is 2. The third kappa shape index (κ3) is 5.08. The van der Waals surface area contributed by atoms with Crippen molar-refractivity contribution in [3.63, 3.8) is 0 Å². The fourth-order valence-corrected chi connectivity index (χ4v) is 1.78. The highest BCUT2D eigenvalue weighted by Gasteiger charge is 2.04. The number of hydrogen-bond acceptors (Lipinski definition) is 5. The van der Waals surface area contributed by atoms with Crippen molar-refractivity contribution >= 4 is 24.1 Å². The van der Waals surface area contributed by atoms with E-state index in [1.54, 1.807) is 36.4 Å². The summed E-state index contributed by atoms with van der Waals surface area (Å²) >= 11 is 0. The van der Waals surface area contributed by atoms with E-state index >= 15 is 0 Å². The molecular weight excluding hydrogens is 310 g/mol. The fraction of sp³-hybridized carbons (Fsp3) is 0. The zero-order valence-electron chi connectivity index (χ0n) is 12.5. The summed E-state index contributed by atoms with van der Waals surface area (Å²) in [4.78, 5) is 23.0. The van der Waals surface area contributed by atoms with Crippen molar-refractivity contribution in [2.75, 3.05) is 0 Å². The number of carbonyl (C=O) groups is 2.